The molecule has 0 saturated heterocycles. The Balaban J connectivity index is 2.64. The molecule has 0 amide bonds. The fourth-order valence-electron chi connectivity index (χ4n) is 1.48. The number of rotatable bonds is 3. The van der Waals surface area contributed by atoms with Gasteiger partial charge >= 0.3 is 0 Å². The van der Waals surface area contributed by atoms with E-state index in [1.165, 1.54) is 5.56 Å². The van der Waals surface area contributed by atoms with Crippen LogP contribution in [0.1, 0.15) is 31.9 Å². The monoisotopic (exact) mass is 193 g/mol. The van der Waals surface area contributed by atoms with Crippen molar-refractivity contribution in [2.24, 2.45) is 5.41 Å². The molecule has 14 heavy (non-hydrogen) atoms. The van der Waals surface area contributed by atoms with Crippen LogP contribution in [0.25, 0.3) is 0 Å². The quantitative estimate of drug-likeness (QED) is 0.723. The number of hydroxylamine groups is 1. The largest absolute Gasteiger partial charge is 0.316 e. The van der Waals surface area contributed by atoms with Gasteiger partial charge in [-0.2, -0.15) is 0 Å². The zero-order valence-corrected chi connectivity index (χ0v) is 9.17. The van der Waals surface area contributed by atoms with Gasteiger partial charge in [-0.15, -0.1) is 0 Å². The maximum absolute atomic E-state index is 8.53. The van der Waals surface area contributed by atoms with Crippen LogP contribution in [0.15, 0.2) is 24.3 Å². The Morgan fingerprint density at radius 3 is 2.00 bits per heavy atom. The molecule has 2 heteroatoms. The molecule has 0 bridgehead atoms. The van der Waals surface area contributed by atoms with Crippen molar-refractivity contribution in [1.29, 1.82) is 0 Å². The van der Waals surface area contributed by atoms with E-state index in [0.717, 1.165) is 12.0 Å². The van der Waals surface area contributed by atoms with Gasteiger partial charge in [0, 0.05) is 6.54 Å². The number of benzene rings is 1. The van der Waals surface area contributed by atoms with E-state index in [-0.39, 0.29) is 0 Å². The Morgan fingerprint density at radius 1 is 1.07 bits per heavy atom. The van der Waals surface area contributed by atoms with Crippen molar-refractivity contribution >= 4 is 0 Å². The first-order valence-electron chi connectivity index (χ1n) is 4.96. The number of nitrogens with one attached hydrogen (secondary N) is 1. The fraction of sp³-hybridized carbons (Fsp3) is 0.500. The second-order valence-electron chi connectivity index (χ2n) is 4.89. The van der Waals surface area contributed by atoms with E-state index in [2.05, 4.69) is 38.4 Å². The van der Waals surface area contributed by atoms with E-state index in [4.69, 9.17) is 5.21 Å². The van der Waals surface area contributed by atoms with Gasteiger partial charge in [-0.1, -0.05) is 45.0 Å². The van der Waals surface area contributed by atoms with E-state index in [9.17, 15) is 0 Å². The van der Waals surface area contributed by atoms with E-state index < -0.39 is 0 Å². The fourth-order valence-corrected chi connectivity index (χ4v) is 1.48. The minimum atomic E-state index is 0.330. The van der Waals surface area contributed by atoms with Gasteiger partial charge in [0.05, 0.1) is 0 Å². The highest BCUT2D eigenvalue weighted by Crippen LogP contribution is 2.20. The van der Waals surface area contributed by atoms with Crippen LogP contribution < -0.4 is 5.48 Å². The summed E-state index contributed by atoms with van der Waals surface area (Å²) in [6.45, 7) is 7.21. The SMILES string of the molecule is CC(C)(C)Cc1ccc(CNO)cc1. The maximum atomic E-state index is 8.53. The molecule has 0 heterocycles. The van der Waals surface area contributed by atoms with Crippen molar-refractivity contribution < 1.29 is 5.21 Å². The Bertz CT molecular complexity index is 271. The molecule has 0 saturated carbocycles. The first kappa shape index (κ1) is 11.2. The number of hydrogen-bond acceptors (Lipinski definition) is 2. The van der Waals surface area contributed by atoms with E-state index in [1.54, 1.807) is 0 Å². The molecule has 0 aliphatic carbocycles. The lowest BCUT2D eigenvalue weighted by Gasteiger charge is -2.18. The summed E-state index contributed by atoms with van der Waals surface area (Å²) in [4.78, 5) is 0. The third-order valence-corrected chi connectivity index (χ3v) is 2.04. The van der Waals surface area contributed by atoms with Crippen molar-refractivity contribution in [3.63, 3.8) is 0 Å². The van der Waals surface area contributed by atoms with Crippen molar-refractivity contribution in [2.75, 3.05) is 0 Å². The predicted octanol–water partition coefficient (Wildman–Crippen LogP) is 2.75. The molecule has 1 rings (SSSR count). The molecule has 0 radical (unpaired) electrons. The normalized spacial score (nSPS) is 11.7. The minimum absolute atomic E-state index is 0.330. The van der Waals surface area contributed by atoms with Crippen LogP contribution in [0.3, 0.4) is 0 Å². The highest BCUT2D eigenvalue weighted by atomic mass is 16.5. The lowest BCUT2D eigenvalue weighted by molar-refractivity contribution is 0.161. The molecule has 0 spiro atoms. The van der Waals surface area contributed by atoms with Gasteiger partial charge in [-0.3, -0.25) is 0 Å². The van der Waals surface area contributed by atoms with Crippen LogP contribution in [0.5, 0.6) is 0 Å². The molecule has 0 atom stereocenters. The van der Waals surface area contributed by atoms with Gasteiger partial charge in [0.1, 0.15) is 0 Å². The Kier molecular flexibility index (Phi) is 3.67. The molecule has 0 unspecified atom stereocenters. The predicted molar refractivity (Wildman–Crippen MR) is 58.2 cm³/mol. The highest BCUT2D eigenvalue weighted by Gasteiger charge is 2.10. The van der Waals surface area contributed by atoms with E-state index in [1.807, 2.05) is 12.1 Å². The molecule has 1 aromatic carbocycles. The van der Waals surface area contributed by atoms with Crippen LogP contribution in [0.2, 0.25) is 0 Å². The zero-order valence-electron chi connectivity index (χ0n) is 9.17. The van der Waals surface area contributed by atoms with Crippen LogP contribution in [0.4, 0.5) is 0 Å². The topological polar surface area (TPSA) is 32.3 Å². The second-order valence-corrected chi connectivity index (χ2v) is 4.89. The van der Waals surface area contributed by atoms with Crippen molar-refractivity contribution in [2.45, 2.75) is 33.7 Å². The van der Waals surface area contributed by atoms with Gasteiger partial charge in [0.25, 0.3) is 0 Å². The summed E-state index contributed by atoms with van der Waals surface area (Å²) in [5.74, 6) is 0. The number of hydrogen-bond donors (Lipinski definition) is 2. The van der Waals surface area contributed by atoms with Gasteiger partial charge in [0.2, 0.25) is 0 Å². The first-order chi connectivity index (χ1) is 6.51. The highest BCUT2D eigenvalue weighted by molar-refractivity contribution is 5.23. The van der Waals surface area contributed by atoms with Gasteiger partial charge in [-0.25, -0.2) is 5.48 Å². The summed E-state index contributed by atoms with van der Waals surface area (Å²) in [6.07, 6.45) is 1.08. The smallest absolute Gasteiger partial charge is 0.0458 e. The van der Waals surface area contributed by atoms with Crippen molar-refractivity contribution in [1.82, 2.24) is 5.48 Å². The zero-order chi connectivity index (χ0) is 10.6. The Hall–Kier alpha value is -0.860. The Morgan fingerprint density at radius 2 is 1.57 bits per heavy atom. The van der Waals surface area contributed by atoms with Crippen LogP contribution >= 0.6 is 0 Å². The molecule has 0 fully saturated rings. The van der Waals surface area contributed by atoms with E-state index >= 15 is 0 Å². The van der Waals surface area contributed by atoms with Crippen LogP contribution in [-0.2, 0) is 13.0 Å². The lowest BCUT2D eigenvalue weighted by Crippen LogP contribution is -2.09. The lowest BCUT2D eigenvalue weighted by atomic mass is 9.88. The standard InChI is InChI=1S/C12H19NO/c1-12(2,3)8-10-4-6-11(7-5-10)9-13-14/h4-7,13-14H,8-9H2,1-3H3. The second kappa shape index (κ2) is 4.58. The van der Waals surface area contributed by atoms with Crippen LogP contribution in [-0.4, -0.2) is 5.21 Å². The van der Waals surface area contributed by atoms with Gasteiger partial charge in [-0.05, 0) is 23.0 Å². The van der Waals surface area contributed by atoms with Gasteiger partial charge < -0.3 is 5.21 Å². The molecule has 0 aliphatic heterocycles. The first-order valence-corrected chi connectivity index (χ1v) is 4.96. The third kappa shape index (κ3) is 3.90. The average molecular weight is 193 g/mol. The molecule has 0 aromatic heterocycles. The van der Waals surface area contributed by atoms with Gasteiger partial charge in [0.15, 0.2) is 0 Å². The summed E-state index contributed by atoms with van der Waals surface area (Å²) in [5, 5.41) is 8.53. The summed E-state index contributed by atoms with van der Waals surface area (Å²) in [7, 11) is 0. The molecular formula is C12H19NO. The third-order valence-electron chi connectivity index (χ3n) is 2.04. The minimum Gasteiger partial charge on any atom is -0.316 e. The summed E-state index contributed by atoms with van der Waals surface area (Å²) >= 11 is 0. The maximum Gasteiger partial charge on any atom is 0.0458 e. The Labute approximate surface area is 85.9 Å². The molecule has 0 aliphatic rings. The summed E-state index contributed by atoms with van der Waals surface area (Å²) in [6, 6.07) is 8.34. The molecule has 2 nitrogen and oxygen atoms in total. The summed E-state index contributed by atoms with van der Waals surface area (Å²) in [5.41, 5.74) is 4.93. The molecule has 1 aromatic rings. The van der Waals surface area contributed by atoms with Crippen LogP contribution in [0, 0.1) is 5.41 Å². The molecule has 2 N–H and O–H groups in total. The molecule has 78 valence electrons. The molecular weight excluding hydrogens is 174 g/mol. The van der Waals surface area contributed by atoms with Crippen molar-refractivity contribution in [3.05, 3.63) is 35.4 Å². The average Bonchev–Trinajstić information content (AvgIpc) is 2.06. The van der Waals surface area contributed by atoms with Crippen molar-refractivity contribution in [3.8, 4) is 0 Å². The summed E-state index contributed by atoms with van der Waals surface area (Å²) < 4.78 is 0. The van der Waals surface area contributed by atoms with E-state index in [0.29, 0.717) is 12.0 Å².